The van der Waals surface area contributed by atoms with Crippen LogP contribution in [0.5, 0.6) is 5.75 Å². The minimum Gasteiger partial charge on any atom is -0.491 e. The third-order valence-electron chi connectivity index (χ3n) is 7.98. The molecule has 2 fully saturated rings. The van der Waals surface area contributed by atoms with Crippen molar-refractivity contribution < 1.29 is 18.3 Å². The summed E-state index contributed by atoms with van der Waals surface area (Å²) in [6.07, 6.45) is 1.18. The summed E-state index contributed by atoms with van der Waals surface area (Å²) in [4.78, 5) is 18.7. The van der Waals surface area contributed by atoms with Crippen molar-refractivity contribution >= 4 is 33.1 Å². The first kappa shape index (κ1) is 24.1. The van der Waals surface area contributed by atoms with Crippen LogP contribution in [0.3, 0.4) is 0 Å². The number of carbonyl (C=O) groups excluding carboxylic acids is 1. The maximum Gasteiger partial charge on any atom is 0.263 e. The lowest BCUT2D eigenvalue weighted by molar-refractivity contribution is -0.149. The van der Waals surface area contributed by atoms with Crippen molar-refractivity contribution in [1.82, 2.24) is 15.6 Å². The fourth-order valence-corrected chi connectivity index (χ4v) is 7.08. The number of nitrogens with one attached hydrogen (secondary N) is 2. The molecule has 3 aromatic rings. The zero-order chi connectivity index (χ0) is 25.9. The number of aromatic nitrogens is 1. The van der Waals surface area contributed by atoms with Crippen LogP contribution in [0.4, 0.5) is 14.5 Å². The maximum absolute atomic E-state index is 14.7. The number of halogens is 2. The Hall–Kier alpha value is -3.29. The number of benzene rings is 1. The van der Waals surface area contributed by atoms with Gasteiger partial charge in [0.05, 0.1) is 23.4 Å². The lowest BCUT2D eigenvalue weighted by atomic mass is 9.67. The Kier molecular flexibility index (Phi) is 5.81. The summed E-state index contributed by atoms with van der Waals surface area (Å²) in [7, 11) is 0. The van der Waals surface area contributed by atoms with Crippen molar-refractivity contribution in [1.29, 1.82) is 5.26 Å². The largest absolute Gasteiger partial charge is 0.491 e. The summed E-state index contributed by atoms with van der Waals surface area (Å²) in [6, 6.07) is 9.37. The predicted octanol–water partition coefficient (Wildman–Crippen LogP) is 4.14. The first-order chi connectivity index (χ1) is 17.7. The van der Waals surface area contributed by atoms with Crippen LogP contribution in [0.15, 0.2) is 24.3 Å². The molecule has 4 heterocycles. The zero-order valence-electron chi connectivity index (χ0n) is 20.3. The zero-order valence-corrected chi connectivity index (χ0v) is 21.1. The minimum absolute atomic E-state index is 0.106. The number of carbonyl (C=O) groups is 1. The number of hydrogen-bond donors (Lipinski definition) is 3. The second-order valence-electron chi connectivity index (χ2n) is 10.4. The molecule has 6 rings (SSSR count). The number of nitrogen functional groups attached to an aromatic ring is 1. The van der Waals surface area contributed by atoms with E-state index >= 15 is 0 Å². The summed E-state index contributed by atoms with van der Waals surface area (Å²) in [5, 5.41) is 16.8. The molecular weight excluding hydrogens is 496 g/mol. The Labute approximate surface area is 217 Å². The van der Waals surface area contributed by atoms with Crippen molar-refractivity contribution in [3.63, 3.8) is 0 Å². The van der Waals surface area contributed by atoms with Gasteiger partial charge in [-0.2, -0.15) is 5.26 Å². The Bertz CT molecular complexity index is 1430. The monoisotopic (exact) mass is 523 g/mol. The van der Waals surface area contributed by atoms with Crippen LogP contribution in [-0.4, -0.2) is 42.6 Å². The van der Waals surface area contributed by atoms with E-state index < -0.39 is 17.8 Å². The van der Waals surface area contributed by atoms with Gasteiger partial charge in [0.25, 0.3) is 11.8 Å². The van der Waals surface area contributed by atoms with Crippen molar-refractivity contribution in [2.24, 2.45) is 11.8 Å². The number of nitrogens with zero attached hydrogens (tertiary/aromatic N) is 2. The first-order valence-corrected chi connectivity index (χ1v) is 13.3. The normalized spacial score (nSPS) is 26.1. The standard InChI is InChI=1S/C27H27F2N5O2S/c1-13-2-3-20-23(31)24(37-26(20)33-13)25(35)34-19-7-15-4-16(9-30)21(8-22(15)36-12-19)14-5-17-10-32-11-18(6-14)27(17,28)29/h2-4,8,14,17-19,32H,5-7,10-12,31H2,1H3,(H,34,35)/t14?,17?,18?,19-/m1/s1. The number of nitriles is 1. The fraction of sp³-hybridized carbons (Fsp3) is 0.444. The molecule has 37 heavy (non-hydrogen) atoms. The Morgan fingerprint density at radius 1 is 1.30 bits per heavy atom. The number of thiophene rings is 1. The summed E-state index contributed by atoms with van der Waals surface area (Å²) < 4.78 is 35.3. The molecule has 3 atom stereocenters. The van der Waals surface area contributed by atoms with Crippen LogP contribution in [0.2, 0.25) is 0 Å². The molecule has 1 aromatic carbocycles. The van der Waals surface area contributed by atoms with E-state index in [-0.39, 0.29) is 24.5 Å². The molecule has 2 bridgehead atoms. The van der Waals surface area contributed by atoms with Gasteiger partial charge in [0.2, 0.25) is 0 Å². The number of fused-ring (bicyclic) bond motifs is 4. The lowest BCUT2D eigenvalue weighted by Gasteiger charge is -2.46. The summed E-state index contributed by atoms with van der Waals surface area (Å²) in [6.45, 7) is 2.75. The fourth-order valence-electron chi connectivity index (χ4n) is 6.04. The highest BCUT2D eigenvalue weighted by atomic mass is 32.1. The van der Waals surface area contributed by atoms with Gasteiger partial charge < -0.3 is 21.1 Å². The van der Waals surface area contributed by atoms with E-state index in [4.69, 9.17) is 10.5 Å². The molecule has 1 saturated carbocycles. The summed E-state index contributed by atoms with van der Waals surface area (Å²) >= 11 is 1.26. The molecule has 10 heteroatoms. The molecular formula is C27H27F2N5O2S. The molecule has 7 nitrogen and oxygen atoms in total. The van der Waals surface area contributed by atoms with Crippen LogP contribution in [0, 0.1) is 30.1 Å². The number of anilines is 1. The number of ether oxygens (including phenoxy) is 1. The Morgan fingerprint density at radius 3 is 2.78 bits per heavy atom. The van der Waals surface area contributed by atoms with Crippen LogP contribution in [0.25, 0.3) is 10.2 Å². The molecule has 0 spiro atoms. The average Bonchev–Trinajstić information content (AvgIpc) is 3.18. The van der Waals surface area contributed by atoms with E-state index in [2.05, 4.69) is 21.7 Å². The molecule has 192 valence electrons. The molecule has 3 aliphatic rings. The second-order valence-corrected chi connectivity index (χ2v) is 11.4. The van der Waals surface area contributed by atoms with Gasteiger partial charge in [-0.05, 0) is 67.5 Å². The van der Waals surface area contributed by atoms with Crippen LogP contribution < -0.4 is 21.1 Å². The molecule has 1 saturated heterocycles. The third kappa shape index (κ3) is 4.10. The lowest BCUT2D eigenvalue weighted by Crippen LogP contribution is -2.55. The first-order valence-electron chi connectivity index (χ1n) is 12.5. The number of rotatable bonds is 3. The van der Waals surface area contributed by atoms with E-state index in [1.54, 1.807) is 6.07 Å². The van der Waals surface area contributed by atoms with Gasteiger partial charge in [-0.25, -0.2) is 13.8 Å². The third-order valence-corrected chi connectivity index (χ3v) is 9.10. The minimum atomic E-state index is -2.67. The van der Waals surface area contributed by atoms with E-state index in [0.29, 0.717) is 54.2 Å². The van der Waals surface area contributed by atoms with Crippen molar-refractivity contribution in [3.05, 3.63) is 51.5 Å². The highest BCUT2D eigenvalue weighted by Gasteiger charge is 2.54. The Morgan fingerprint density at radius 2 is 2.05 bits per heavy atom. The van der Waals surface area contributed by atoms with Gasteiger partial charge >= 0.3 is 0 Å². The molecule has 2 unspecified atom stereocenters. The Balaban J connectivity index is 1.21. The summed E-state index contributed by atoms with van der Waals surface area (Å²) in [5.74, 6) is -3.86. The number of alkyl halides is 2. The van der Waals surface area contributed by atoms with Crippen molar-refractivity contribution in [2.75, 3.05) is 25.4 Å². The van der Waals surface area contributed by atoms with E-state index in [0.717, 1.165) is 27.0 Å². The van der Waals surface area contributed by atoms with Crippen LogP contribution >= 0.6 is 11.3 Å². The van der Waals surface area contributed by atoms with Gasteiger partial charge in [0, 0.05) is 36.0 Å². The van der Waals surface area contributed by atoms with Gasteiger partial charge in [0.1, 0.15) is 22.1 Å². The smallest absolute Gasteiger partial charge is 0.263 e. The van der Waals surface area contributed by atoms with E-state index in [1.165, 1.54) is 11.3 Å². The van der Waals surface area contributed by atoms with Crippen molar-refractivity contribution in [2.45, 2.75) is 44.1 Å². The highest BCUT2D eigenvalue weighted by molar-refractivity contribution is 7.21. The van der Waals surface area contributed by atoms with E-state index in [1.807, 2.05) is 25.1 Å². The number of amides is 1. The van der Waals surface area contributed by atoms with Gasteiger partial charge in [-0.1, -0.05) is 0 Å². The number of aryl methyl sites for hydroxylation is 1. The number of nitrogens with two attached hydrogens (primary N) is 1. The average molecular weight is 524 g/mol. The quantitative estimate of drug-likeness (QED) is 0.476. The van der Waals surface area contributed by atoms with Crippen LogP contribution in [0.1, 0.15) is 50.8 Å². The maximum atomic E-state index is 14.7. The summed E-state index contributed by atoms with van der Waals surface area (Å²) in [5.41, 5.74) is 9.61. The van der Waals surface area contributed by atoms with Crippen molar-refractivity contribution in [3.8, 4) is 11.8 Å². The molecule has 4 N–H and O–H groups in total. The second kappa shape index (κ2) is 8.92. The number of pyridine rings is 1. The predicted molar refractivity (Wildman–Crippen MR) is 137 cm³/mol. The molecule has 1 aliphatic carbocycles. The van der Waals surface area contributed by atoms with Gasteiger partial charge in [-0.15, -0.1) is 11.3 Å². The number of piperidine rings is 1. The SMILES string of the molecule is Cc1ccc2c(N)c(C(=O)N[C@H]3COc4cc(C5CC6CNCC(C5)C6(F)F)c(C#N)cc4C3)sc2n1. The topological polar surface area (TPSA) is 113 Å². The highest BCUT2D eigenvalue weighted by Crippen LogP contribution is 2.51. The number of hydrogen-bond acceptors (Lipinski definition) is 7. The van der Waals surface area contributed by atoms with Gasteiger partial charge in [-0.3, -0.25) is 4.79 Å². The van der Waals surface area contributed by atoms with Gasteiger partial charge in [0.15, 0.2) is 0 Å². The molecule has 1 amide bonds. The molecule has 2 aromatic heterocycles. The van der Waals surface area contributed by atoms with Crippen LogP contribution in [-0.2, 0) is 6.42 Å². The van der Waals surface area contributed by atoms with E-state index in [9.17, 15) is 18.8 Å². The molecule has 0 radical (unpaired) electrons. The molecule has 2 aliphatic heterocycles.